The fourth-order valence-corrected chi connectivity index (χ4v) is 3.66. The van der Waals surface area contributed by atoms with E-state index in [4.69, 9.17) is 11.6 Å². The SMILES string of the molecule is CCCCN(C(=O)c1cccc([N+](=O)[O-])c1)C(C)c1nc2cc(Cl)ccc2c(=O)n1C. The third kappa shape index (κ3) is 4.59. The summed E-state index contributed by atoms with van der Waals surface area (Å²) >= 11 is 6.08. The highest BCUT2D eigenvalue weighted by molar-refractivity contribution is 6.31. The maximum Gasteiger partial charge on any atom is 0.270 e. The highest BCUT2D eigenvalue weighted by Gasteiger charge is 2.27. The predicted molar refractivity (Wildman–Crippen MR) is 119 cm³/mol. The van der Waals surface area contributed by atoms with Crippen LogP contribution in [0, 0.1) is 10.1 Å². The number of nitro groups is 1. The van der Waals surface area contributed by atoms with Gasteiger partial charge in [0.1, 0.15) is 5.82 Å². The molecule has 31 heavy (non-hydrogen) atoms. The second-order valence-electron chi connectivity index (χ2n) is 7.33. The standard InChI is InChI=1S/C22H23ClN4O4/c1-4-5-11-26(21(28)15-7-6-8-17(12-15)27(30)31)14(2)20-24-19-13-16(23)9-10-18(19)22(29)25(20)3/h6-10,12-14H,4-5,11H2,1-3H3. The Morgan fingerprint density at radius 3 is 2.71 bits per heavy atom. The van der Waals surface area contributed by atoms with Crippen LogP contribution in [-0.2, 0) is 7.05 Å². The fourth-order valence-electron chi connectivity index (χ4n) is 3.49. The van der Waals surface area contributed by atoms with Crippen molar-refractivity contribution in [1.82, 2.24) is 14.5 Å². The number of benzene rings is 2. The third-order valence-corrected chi connectivity index (χ3v) is 5.47. The summed E-state index contributed by atoms with van der Waals surface area (Å²) in [4.78, 5) is 43.0. The van der Waals surface area contributed by atoms with Crippen molar-refractivity contribution in [2.75, 3.05) is 6.54 Å². The number of aromatic nitrogens is 2. The van der Waals surface area contributed by atoms with Gasteiger partial charge in [0, 0.05) is 36.3 Å². The van der Waals surface area contributed by atoms with Crippen molar-refractivity contribution in [2.45, 2.75) is 32.7 Å². The molecule has 0 saturated carbocycles. The number of non-ortho nitro benzene ring substituents is 1. The molecule has 0 aliphatic heterocycles. The number of carbonyl (C=O) groups excluding carboxylic acids is 1. The summed E-state index contributed by atoms with van der Waals surface area (Å²) < 4.78 is 1.43. The Labute approximate surface area is 184 Å². The van der Waals surface area contributed by atoms with Gasteiger partial charge in [-0.1, -0.05) is 31.0 Å². The predicted octanol–water partition coefficient (Wildman–Crippen LogP) is 4.50. The normalized spacial score (nSPS) is 12.0. The van der Waals surface area contributed by atoms with E-state index in [0.717, 1.165) is 12.8 Å². The van der Waals surface area contributed by atoms with Crippen LogP contribution in [0.25, 0.3) is 10.9 Å². The monoisotopic (exact) mass is 442 g/mol. The number of nitro benzene ring substituents is 1. The van der Waals surface area contributed by atoms with E-state index < -0.39 is 11.0 Å². The second kappa shape index (κ2) is 9.26. The average molecular weight is 443 g/mol. The van der Waals surface area contributed by atoms with E-state index in [1.165, 1.54) is 22.8 Å². The summed E-state index contributed by atoms with van der Waals surface area (Å²) in [7, 11) is 1.62. The third-order valence-electron chi connectivity index (χ3n) is 5.23. The summed E-state index contributed by atoms with van der Waals surface area (Å²) in [6.07, 6.45) is 1.59. The molecule has 0 radical (unpaired) electrons. The maximum absolute atomic E-state index is 13.3. The van der Waals surface area contributed by atoms with Gasteiger partial charge in [-0.2, -0.15) is 0 Å². The van der Waals surface area contributed by atoms with Crippen molar-refractivity contribution < 1.29 is 9.72 Å². The van der Waals surface area contributed by atoms with Gasteiger partial charge in [-0.15, -0.1) is 0 Å². The minimum Gasteiger partial charge on any atom is -0.329 e. The summed E-state index contributed by atoms with van der Waals surface area (Å²) in [6.45, 7) is 4.22. The Morgan fingerprint density at radius 1 is 1.29 bits per heavy atom. The molecule has 1 atom stereocenters. The zero-order valence-electron chi connectivity index (χ0n) is 17.5. The van der Waals surface area contributed by atoms with Crippen LogP contribution in [0.4, 0.5) is 5.69 Å². The number of rotatable bonds is 7. The molecular weight excluding hydrogens is 420 g/mol. The lowest BCUT2D eigenvalue weighted by Gasteiger charge is -2.30. The quantitative estimate of drug-likeness (QED) is 0.396. The van der Waals surface area contributed by atoms with Crippen LogP contribution in [0.15, 0.2) is 47.3 Å². The van der Waals surface area contributed by atoms with Crippen molar-refractivity contribution in [1.29, 1.82) is 0 Å². The van der Waals surface area contributed by atoms with Gasteiger partial charge >= 0.3 is 0 Å². The van der Waals surface area contributed by atoms with Crippen molar-refractivity contribution >= 4 is 34.1 Å². The lowest BCUT2D eigenvalue weighted by molar-refractivity contribution is -0.384. The molecule has 3 rings (SSSR count). The van der Waals surface area contributed by atoms with Gasteiger partial charge in [-0.3, -0.25) is 24.3 Å². The van der Waals surface area contributed by atoms with Gasteiger partial charge in [-0.25, -0.2) is 4.98 Å². The summed E-state index contributed by atoms with van der Waals surface area (Å²) in [6, 6.07) is 9.98. The number of fused-ring (bicyclic) bond motifs is 1. The van der Waals surface area contributed by atoms with Crippen LogP contribution in [0.5, 0.6) is 0 Å². The number of nitrogens with zero attached hydrogens (tertiary/aromatic N) is 4. The van der Waals surface area contributed by atoms with Crippen molar-refractivity contribution in [3.8, 4) is 0 Å². The summed E-state index contributed by atoms with van der Waals surface area (Å²) in [5.74, 6) is 0.0553. The molecule has 3 aromatic rings. The minimum atomic E-state index is -0.542. The van der Waals surface area contributed by atoms with Crippen molar-refractivity contribution in [3.05, 3.63) is 79.3 Å². The molecule has 0 bridgehead atoms. The molecule has 1 unspecified atom stereocenters. The first kappa shape index (κ1) is 22.4. The molecule has 0 aliphatic carbocycles. The van der Waals surface area contributed by atoms with E-state index in [1.807, 2.05) is 6.92 Å². The average Bonchev–Trinajstić information content (AvgIpc) is 2.76. The summed E-state index contributed by atoms with van der Waals surface area (Å²) in [5.41, 5.74) is 0.281. The van der Waals surface area contributed by atoms with Gasteiger partial charge in [-0.05, 0) is 37.6 Å². The largest absolute Gasteiger partial charge is 0.329 e. The molecule has 1 amide bonds. The maximum atomic E-state index is 13.3. The van der Waals surface area contributed by atoms with Gasteiger partial charge < -0.3 is 4.90 Å². The first-order valence-corrected chi connectivity index (χ1v) is 10.3. The molecule has 8 nitrogen and oxygen atoms in total. The second-order valence-corrected chi connectivity index (χ2v) is 7.77. The molecule has 2 aromatic carbocycles. The molecule has 0 aliphatic rings. The number of carbonyl (C=O) groups is 1. The van der Waals surface area contributed by atoms with E-state index in [9.17, 15) is 19.7 Å². The van der Waals surface area contributed by atoms with Crippen LogP contribution in [-0.4, -0.2) is 31.8 Å². The highest BCUT2D eigenvalue weighted by atomic mass is 35.5. The van der Waals surface area contributed by atoms with E-state index in [-0.39, 0.29) is 22.7 Å². The minimum absolute atomic E-state index is 0.153. The van der Waals surface area contributed by atoms with Gasteiger partial charge in [0.15, 0.2) is 0 Å². The number of hydrogen-bond acceptors (Lipinski definition) is 5. The Bertz CT molecular complexity index is 1210. The number of hydrogen-bond donors (Lipinski definition) is 0. The molecule has 0 saturated heterocycles. The smallest absolute Gasteiger partial charge is 0.270 e. The number of unbranched alkanes of at least 4 members (excludes halogenated alkanes) is 1. The van der Waals surface area contributed by atoms with E-state index in [1.54, 1.807) is 43.1 Å². The van der Waals surface area contributed by atoms with E-state index in [0.29, 0.717) is 28.3 Å². The summed E-state index contributed by atoms with van der Waals surface area (Å²) in [5, 5.41) is 12.0. The van der Waals surface area contributed by atoms with Crippen LogP contribution in [0.1, 0.15) is 48.9 Å². The molecule has 1 aromatic heterocycles. The highest BCUT2D eigenvalue weighted by Crippen LogP contribution is 2.24. The van der Waals surface area contributed by atoms with Crippen LogP contribution in [0.2, 0.25) is 5.02 Å². The molecular formula is C22H23ClN4O4. The molecule has 162 valence electrons. The van der Waals surface area contributed by atoms with E-state index >= 15 is 0 Å². The van der Waals surface area contributed by atoms with Crippen LogP contribution >= 0.6 is 11.6 Å². The Hall–Kier alpha value is -3.26. The lowest BCUT2D eigenvalue weighted by Crippen LogP contribution is -2.38. The number of halogens is 1. The van der Waals surface area contributed by atoms with Crippen LogP contribution in [0.3, 0.4) is 0 Å². The number of amides is 1. The zero-order valence-corrected chi connectivity index (χ0v) is 18.3. The van der Waals surface area contributed by atoms with Gasteiger partial charge in [0.25, 0.3) is 17.2 Å². The Kier molecular flexibility index (Phi) is 6.70. The molecule has 1 heterocycles. The van der Waals surface area contributed by atoms with Gasteiger partial charge in [0.2, 0.25) is 0 Å². The van der Waals surface area contributed by atoms with Crippen molar-refractivity contribution in [2.24, 2.45) is 7.05 Å². The van der Waals surface area contributed by atoms with E-state index in [2.05, 4.69) is 4.98 Å². The zero-order chi connectivity index (χ0) is 22.7. The first-order chi connectivity index (χ1) is 14.7. The topological polar surface area (TPSA) is 98.3 Å². The molecule has 0 N–H and O–H groups in total. The fraction of sp³-hybridized carbons (Fsp3) is 0.318. The molecule has 0 fully saturated rings. The lowest BCUT2D eigenvalue weighted by atomic mass is 10.1. The molecule has 0 spiro atoms. The molecule has 9 heteroatoms. The Morgan fingerprint density at radius 2 is 2.03 bits per heavy atom. The van der Waals surface area contributed by atoms with Crippen molar-refractivity contribution in [3.63, 3.8) is 0 Å². The van der Waals surface area contributed by atoms with Crippen LogP contribution < -0.4 is 5.56 Å². The first-order valence-electron chi connectivity index (χ1n) is 9.96. The Balaban J connectivity index is 2.08. The van der Waals surface area contributed by atoms with Gasteiger partial charge in [0.05, 0.1) is 21.9 Å².